The minimum atomic E-state index is -1.10. The lowest BCUT2D eigenvalue weighted by molar-refractivity contribution is 0.121. The zero-order valence-corrected chi connectivity index (χ0v) is 11.3. The molecule has 0 bridgehead atoms. The second kappa shape index (κ2) is 6.44. The Bertz CT molecular complexity index is 481. The van der Waals surface area contributed by atoms with Gasteiger partial charge >= 0.3 is 12.2 Å². The van der Waals surface area contributed by atoms with E-state index >= 15 is 0 Å². The van der Waals surface area contributed by atoms with E-state index in [1.165, 1.54) is 0 Å². The summed E-state index contributed by atoms with van der Waals surface area (Å²) >= 11 is 11.5. The van der Waals surface area contributed by atoms with Gasteiger partial charge in [-0.3, -0.25) is 5.32 Å². The van der Waals surface area contributed by atoms with Crippen LogP contribution in [0.15, 0.2) is 6.07 Å². The van der Waals surface area contributed by atoms with Crippen LogP contribution in [0.2, 0.25) is 10.0 Å². The van der Waals surface area contributed by atoms with Crippen molar-refractivity contribution in [2.24, 2.45) is 0 Å². The van der Waals surface area contributed by atoms with E-state index in [1.54, 1.807) is 0 Å². The molecule has 0 heterocycles. The van der Waals surface area contributed by atoms with Crippen molar-refractivity contribution in [3.05, 3.63) is 21.9 Å². The molecule has 1 rings (SSSR count). The van der Waals surface area contributed by atoms with Crippen molar-refractivity contribution in [1.29, 1.82) is 0 Å². The highest BCUT2D eigenvalue weighted by Gasteiger charge is 2.21. The second-order valence-electron chi connectivity index (χ2n) is 3.03. The predicted molar refractivity (Wildman–Crippen MR) is 65.5 cm³/mol. The number of anilines is 1. The molecular formula is C10H8Cl2FNO5. The predicted octanol–water partition coefficient (Wildman–Crippen LogP) is 3.46. The van der Waals surface area contributed by atoms with Gasteiger partial charge in [0.2, 0.25) is 0 Å². The minimum absolute atomic E-state index is 0.261. The van der Waals surface area contributed by atoms with Crippen LogP contribution < -0.4 is 10.1 Å². The molecule has 0 fully saturated rings. The van der Waals surface area contributed by atoms with Crippen LogP contribution in [0.1, 0.15) is 0 Å². The smallest absolute Gasteiger partial charge is 0.453 e. The van der Waals surface area contributed by atoms with Gasteiger partial charge < -0.3 is 14.2 Å². The Kier molecular flexibility index (Phi) is 5.20. The third-order valence-corrected chi connectivity index (χ3v) is 2.53. The third kappa shape index (κ3) is 3.62. The molecule has 0 saturated heterocycles. The number of benzene rings is 1. The summed E-state index contributed by atoms with van der Waals surface area (Å²) in [6, 6.07) is 0.816. The maximum Gasteiger partial charge on any atom is 0.513 e. The van der Waals surface area contributed by atoms with Crippen LogP contribution in [-0.2, 0) is 9.47 Å². The van der Waals surface area contributed by atoms with Crippen LogP contribution in [0.3, 0.4) is 0 Å². The lowest BCUT2D eigenvalue weighted by atomic mass is 10.3. The first-order valence-corrected chi connectivity index (χ1v) is 5.44. The number of amides is 1. The molecule has 0 radical (unpaired) electrons. The molecule has 1 aromatic rings. The Morgan fingerprint density at radius 2 is 1.89 bits per heavy atom. The van der Waals surface area contributed by atoms with Gasteiger partial charge in [-0.1, -0.05) is 23.2 Å². The molecule has 1 N–H and O–H groups in total. The number of ether oxygens (including phenoxy) is 3. The van der Waals surface area contributed by atoms with Gasteiger partial charge in [0, 0.05) is 0 Å². The Morgan fingerprint density at radius 3 is 2.42 bits per heavy atom. The van der Waals surface area contributed by atoms with Gasteiger partial charge in [-0.15, -0.1) is 0 Å². The van der Waals surface area contributed by atoms with Crippen molar-refractivity contribution in [2.75, 3.05) is 19.5 Å². The summed E-state index contributed by atoms with van der Waals surface area (Å²) in [4.78, 5) is 22.0. The first-order valence-electron chi connectivity index (χ1n) is 4.69. The summed E-state index contributed by atoms with van der Waals surface area (Å²) in [7, 11) is 2.16. The van der Waals surface area contributed by atoms with E-state index in [2.05, 4.69) is 14.2 Å². The van der Waals surface area contributed by atoms with E-state index in [0.29, 0.717) is 0 Å². The molecule has 104 valence electrons. The van der Waals surface area contributed by atoms with E-state index in [0.717, 1.165) is 20.3 Å². The van der Waals surface area contributed by atoms with E-state index in [4.69, 9.17) is 23.2 Å². The average molecular weight is 312 g/mol. The zero-order chi connectivity index (χ0) is 14.6. The lowest BCUT2D eigenvalue weighted by Gasteiger charge is -2.12. The summed E-state index contributed by atoms with van der Waals surface area (Å²) in [5.74, 6) is -1.26. The summed E-state index contributed by atoms with van der Waals surface area (Å²) in [5, 5.41) is 1.37. The molecule has 1 amide bonds. The molecule has 0 aliphatic heterocycles. The van der Waals surface area contributed by atoms with Gasteiger partial charge in [-0.05, 0) is 6.07 Å². The topological polar surface area (TPSA) is 73.9 Å². The largest absolute Gasteiger partial charge is 0.513 e. The first kappa shape index (κ1) is 15.3. The number of rotatable bonds is 2. The Hall–Kier alpha value is -1.73. The molecule has 0 aliphatic rings. The Morgan fingerprint density at radius 1 is 1.26 bits per heavy atom. The van der Waals surface area contributed by atoms with Crippen LogP contribution in [0.5, 0.6) is 5.75 Å². The number of hydrogen-bond donors (Lipinski definition) is 1. The van der Waals surface area contributed by atoms with Crippen LogP contribution in [0.25, 0.3) is 0 Å². The van der Waals surface area contributed by atoms with Gasteiger partial charge in [-0.2, -0.15) is 0 Å². The number of halogens is 3. The fourth-order valence-electron chi connectivity index (χ4n) is 1.06. The summed E-state index contributed by atoms with van der Waals surface area (Å²) < 4.78 is 26.8. The molecule has 0 spiro atoms. The third-order valence-electron chi connectivity index (χ3n) is 1.89. The SMILES string of the molecule is COC(=O)Nc1c(F)cc(Cl)c(OC(=O)OC)c1Cl. The molecule has 0 aliphatic carbocycles. The molecule has 0 saturated carbocycles. The number of carbonyl (C=O) groups is 2. The molecule has 0 aromatic heterocycles. The highest BCUT2D eigenvalue weighted by molar-refractivity contribution is 6.39. The van der Waals surface area contributed by atoms with E-state index in [1.807, 2.05) is 5.32 Å². The van der Waals surface area contributed by atoms with Gasteiger partial charge in [0.05, 0.1) is 19.2 Å². The van der Waals surface area contributed by atoms with Crippen molar-refractivity contribution in [1.82, 2.24) is 0 Å². The van der Waals surface area contributed by atoms with Gasteiger partial charge in [0.15, 0.2) is 5.75 Å². The maximum atomic E-state index is 13.6. The van der Waals surface area contributed by atoms with Crippen LogP contribution in [0, 0.1) is 5.82 Å². The van der Waals surface area contributed by atoms with Gasteiger partial charge in [-0.25, -0.2) is 14.0 Å². The Labute approximate surface area is 117 Å². The fourth-order valence-corrected chi connectivity index (χ4v) is 1.61. The molecule has 0 atom stereocenters. The molecule has 6 nitrogen and oxygen atoms in total. The molecular weight excluding hydrogens is 304 g/mol. The highest BCUT2D eigenvalue weighted by Crippen LogP contribution is 2.40. The van der Waals surface area contributed by atoms with Crippen molar-refractivity contribution in [3.8, 4) is 5.75 Å². The first-order chi connectivity index (χ1) is 8.90. The highest BCUT2D eigenvalue weighted by atomic mass is 35.5. The Balaban J connectivity index is 3.22. The molecule has 1 aromatic carbocycles. The van der Waals surface area contributed by atoms with Crippen LogP contribution in [0.4, 0.5) is 19.7 Å². The molecule has 19 heavy (non-hydrogen) atoms. The number of carbonyl (C=O) groups excluding carboxylic acids is 2. The lowest BCUT2D eigenvalue weighted by Crippen LogP contribution is -2.14. The van der Waals surface area contributed by atoms with Crippen LogP contribution >= 0.6 is 23.2 Å². The summed E-state index contributed by atoms with van der Waals surface area (Å²) in [5.41, 5.74) is -0.434. The van der Waals surface area contributed by atoms with E-state index in [-0.39, 0.29) is 10.8 Å². The molecule has 9 heteroatoms. The van der Waals surface area contributed by atoms with Crippen molar-refractivity contribution in [2.45, 2.75) is 0 Å². The second-order valence-corrected chi connectivity index (χ2v) is 3.82. The molecule has 0 unspecified atom stereocenters. The van der Waals surface area contributed by atoms with E-state index in [9.17, 15) is 14.0 Å². The maximum absolute atomic E-state index is 13.6. The zero-order valence-electron chi connectivity index (χ0n) is 9.75. The van der Waals surface area contributed by atoms with E-state index < -0.39 is 28.8 Å². The average Bonchev–Trinajstić information content (AvgIpc) is 2.38. The van der Waals surface area contributed by atoms with Crippen molar-refractivity contribution < 1.29 is 28.2 Å². The summed E-state index contributed by atoms with van der Waals surface area (Å²) in [6.45, 7) is 0. The normalized spacial score (nSPS) is 9.74. The van der Waals surface area contributed by atoms with Gasteiger partial charge in [0.25, 0.3) is 0 Å². The standard InChI is InChI=1S/C10H8Cl2FNO5/c1-17-9(15)14-7-5(13)3-4(11)8(6(7)12)19-10(16)18-2/h3H,1-2H3,(H,14,15). The minimum Gasteiger partial charge on any atom is -0.453 e. The fraction of sp³-hybridized carbons (Fsp3) is 0.200. The van der Waals surface area contributed by atoms with Crippen molar-refractivity contribution in [3.63, 3.8) is 0 Å². The summed E-state index contributed by atoms with van der Waals surface area (Å²) in [6.07, 6.45) is -2.05. The number of methoxy groups -OCH3 is 2. The quantitative estimate of drug-likeness (QED) is 0.669. The van der Waals surface area contributed by atoms with Gasteiger partial charge in [0.1, 0.15) is 16.5 Å². The van der Waals surface area contributed by atoms with Crippen molar-refractivity contribution >= 4 is 41.1 Å². The number of nitrogens with one attached hydrogen (secondary N) is 1. The monoisotopic (exact) mass is 311 g/mol. The van der Waals surface area contributed by atoms with Crippen LogP contribution in [-0.4, -0.2) is 26.5 Å². The number of hydrogen-bond acceptors (Lipinski definition) is 5.